The summed E-state index contributed by atoms with van der Waals surface area (Å²) in [6.07, 6.45) is 0.337. The van der Waals surface area contributed by atoms with Gasteiger partial charge in [-0.05, 0) is 35.2 Å². The van der Waals surface area contributed by atoms with Crippen molar-refractivity contribution >= 4 is 11.6 Å². The van der Waals surface area contributed by atoms with Gasteiger partial charge in [0.1, 0.15) is 5.75 Å². The van der Waals surface area contributed by atoms with Crippen LogP contribution < -0.4 is 10.1 Å². The van der Waals surface area contributed by atoms with E-state index in [0.29, 0.717) is 12.3 Å². The Morgan fingerprint density at radius 3 is 2.62 bits per heavy atom. The molecule has 0 bridgehead atoms. The fourth-order valence-corrected chi connectivity index (χ4v) is 2.28. The van der Waals surface area contributed by atoms with Gasteiger partial charge in [0.2, 0.25) is 5.91 Å². The third-order valence-electron chi connectivity index (χ3n) is 3.36. The van der Waals surface area contributed by atoms with Gasteiger partial charge in [-0.3, -0.25) is 4.79 Å². The number of amides is 1. The van der Waals surface area contributed by atoms with Gasteiger partial charge in [0.25, 0.3) is 0 Å². The zero-order valence-corrected chi connectivity index (χ0v) is 12.7. The number of hydrogen-bond donors (Lipinski definition) is 1. The van der Waals surface area contributed by atoms with Gasteiger partial charge in [0.05, 0.1) is 13.5 Å². The van der Waals surface area contributed by atoms with E-state index in [-0.39, 0.29) is 5.91 Å². The Balaban J connectivity index is 2.08. The third-order valence-corrected chi connectivity index (χ3v) is 3.36. The summed E-state index contributed by atoms with van der Waals surface area (Å²) >= 11 is 0. The molecule has 21 heavy (non-hydrogen) atoms. The van der Waals surface area contributed by atoms with E-state index in [9.17, 15) is 4.79 Å². The van der Waals surface area contributed by atoms with E-state index in [0.717, 1.165) is 22.6 Å². The summed E-state index contributed by atoms with van der Waals surface area (Å²) in [6, 6.07) is 15.5. The number of carbonyl (C=O) groups excluding carboxylic acids is 1. The fraction of sp³-hybridized carbons (Fsp3) is 0.278. The predicted octanol–water partition coefficient (Wildman–Crippen LogP) is 4.00. The number of para-hydroxylation sites is 1. The lowest BCUT2D eigenvalue weighted by Crippen LogP contribution is -2.15. The van der Waals surface area contributed by atoms with Crippen LogP contribution in [-0.2, 0) is 11.2 Å². The van der Waals surface area contributed by atoms with Crippen LogP contribution in [-0.4, -0.2) is 13.0 Å². The summed E-state index contributed by atoms with van der Waals surface area (Å²) in [5, 5.41) is 3.00. The summed E-state index contributed by atoms with van der Waals surface area (Å²) in [5.74, 6) is 1.12. The Bertz CT molecular complexity index is 620. The van der Waals surface area contributed by atoms with Crippen molar-refractivity contribution in [2.75, 3.05) is 12.4 Å². The van der Waals surface area contributed by atoms with Crippen molar-refractivity contribution in [1.82, 2.24) is 0 Å². The van der Waals surface area contributed by atoms with E-state index >= 15 is 0 Å². The molecule has 2 aromatic carbocycles. The molecule has 0 spiro atoms. The highest BCUT2D eigenvalue weighted by Crippen LogP contribution is 2.24. The summed E-state index contributed by atoms with van der Waals surface area (Å²) in [5.41, 5.74) is 2.98. The van der Waals surface area contributed by atoms with Crippen LogP contribution in [0.5, 0.6) is 5.75 Å². The molecule has 2 rings (SSSR count). The first-order valence-electron chi connectivity index (χ1n) is 7.12. The lowest BCUT2D eigenvalue weighted by atomic mass is 10.0. The molecular weight excluding hydrogens is 262 g/mol. The van der Waals surface area contributed by atoms with Crippen molar-refractivity contribution in [1.29, 1.82) is 0 Å². The van der Waals surface area contributed by atoms with Gasteiger partial charge in [0, 0.05) is 5.69 Å². The molecule has 3 heteroatoms. The van der Waals surface area contributed by atoms with Crippen LogP contribution in [0.4, 0.5) is 5.69 Å². The largest absolute Gasteiger partial charge is 0.497 e. The standard InChI is InChI=1S/C18H21NO2/c1-13(2)16-9-4-5-10-17(16)19-18(20)12-14-7-6-8-15(11-14)21-3/h4-11,13H,12H2,1-3H3,(H,19,20). The average molecular weight is 283 g/mol. The van der Waals surface area contributed by atoms with E-state index in [1.165, 1.54) is 0 Å². The molecule has 0 fully saturated rings. The SMILES string of the molecule is COc1cccc(CC(=O)Nc2ccccc2C(C)C)c1. The van der Waals surface area contributed by atoms with Gasteiger partial charge >= 0.3 is 0 Å². The summed E-state index contributed by atoms with van der Waals surface area (Å²) in [4.78, 5) is 12.2. The van der Waals surface area contributed by atoms with Gasteiger partial charge in [-0.1, -0.05) is 44.2 Å². The molecule has 0 aliphatic carbocycles. The van der Waals surface area contributed by atoms with Crippen LogP contribution in [0, 0.1) is 0 Å². The van der Waals surface area contributed by atoms with E-state index in [1.807, 2.05) is 48.5 Å². The Morgan fingerprint density at radius 1 is 1.14 bits per heavy atom. The van der Waals surface area contributed by atoms with E-state index in [1.54, 1.807) is 7.11 Å². The Hall–Kier alpha value is -2.29. The topological polar surface area (TPSA) is 38.3 Å². The zero-order valence-electron chi connectivity index (χ0n) is 12.7. The van der Waals surface area contributed by atoms with Crippen molar-refractivity contribution in [2.24, 2.45) is 0 Å². The number of anilines is 1. The van der Waals surface area contributed by atoms with Crippen molar-refractivity contribution in [3.05, 3.63) is 59.7 Å². The van der Waals surface area contributed by atoms with Crippen molar-refractivity contribution < 1.29 is 9.53 Å². The number of methoxy groups -OCH3 is 1. The highest BCUT2D eigenvalue weighted by molar-refractivity contribution is 5.93. The molecule has 0 saturated heterocycles. The zero-order chi connectivity index (χ0) is 15.2. The highest BCUT2D eigenvalue weighted by atomic mass is 16.5. The minimum Gasteiger partial charge on any atom is -0.497 e. The lowest BCUT2D eigenvalue weighted by molar-refractivity contribution is -0.115. The number of nitrogens with one attached hydrogen (secondary N) is 1. The summed E-state index contributed by atoms with van der Waals surface area (Å²) in [6.45, 7) is 4.24. The van der Waals surface area contributed by atoms with Gasteiger partial charge in [-0.25, -0.2) is 0 Å². The number of carbonyl (C=O) groups is 1. The van der Waals surface area contributed by atoms with Crippen LogP contribution in [0.3, 0.4) is 0 Å². The minimum absolute atomic E-state index is 0.0173. The number of hydrogen-bond acceptors (Lipinski definition) is 2. The first-order chi connectivity index (χ1) is 10.1. The minimum atomic E-state index is -0.0173. The molecule has 3 nitrogen and oxygen atoms in total. The van der Waals surface area contributed by atoms with Crippen LogP contribution in [0.2, 0.25) is 0 Å². The second kappa shape index (κ2) is 6.93. The smallest absolute Gasteiger partial charge is 0.228 e. The van der Waals surface area contributed by atoms with E-state index in [4.69, 9.17) is 4.74 Å². The second-order valence-corrected chi connectivity index (χ2v) is 5.32. The van der Waals surface area contributed by atoms with Crippen molar-refractivity contribution in [2.45, 2.75) is 26.2 Å². The summed E-state index contributed by atoms with van der Waals surface area (Å²) in [7, 11) is 1.62. The van der Waals surface area contributed by atoms with Crippen LogP contribution >= 0.6 is 0 Å². The Kier molecular flexibility index (Phi) is 4.99. The quantitative estimate of drug-likeness (QED) is 0.900. The van der Waals surface area contributed by atoms with Crippen LogP contribution in [0.1, 0.15) is 30.9 Å². The Morgan fingerprint density at radius 2 is 1.90 bits per heavy atom. The molecule has 110 valence electrons. The lowest BCUT2D eigenvalue weighted by Gasteiger charge is -2.13. The first-order valence-corrected chi connectivity index (χ1v) is 7.12. The molecular formula is C18H21NO2. The Labute approximate surface area is 126 Å². The maximum Gasteiger partial charge on any atom is 0.228 e. The van der Waals surface area contributed by atoms with Gasteiger partial charge < -0.3 is 10.1 Å². The maximum absolute atomic E-state index is 12.2. The molecule has 0 saturated carbocycles. The van der Waals surface area contributed by atoms with Gasteiger partial charge in [0.15, 0.2) is 0 Å². The van der Waals surface area contributed by atoms with Crippen LogP contribution in [0.15, 0.2) is 48.5 Å². The first kappa shape index (κ1) is 15.1. The maximum atomic E-state index is 12.2. The van der Waals surface area contributed by atoms with Crippen molar-refractivity contribution in [3.63, 3.8) is 0 Å². The average Bonchev–Trinajstić information content (AvgIpc) is 2.47. The third kappa shape index (κ3) is 4.09. The summed E-state index contributed by atoms with van der Waals surface area (Å²) < 4.78 is 5.17. The monoisotopic (exact) mass is 283 g/mol. The van der Waals surface area contributed by atoms with Crippen LogP contribution in [0.25, 0.3) is 0 Å². The highest BCUT2D eigenvalue weighted by Gasteiger charge is 2.10. The number of benzene rings is 2. The van der Waals surface area contributed by atoms with E-state index < -0.39 is 0 Å². The molecule has 0 radical (unpaired) electrons. The molecule has 2 aromatic rings. The normalized spacial score (nSPS) is 10.5. The molecule has 0 heterocycles. The number of rotatable bonds is 5. The van der Waals surface area contributed by atoms with Gasteiger partial charge in [-0.15, -0.1) is 0 Å². The second-order valence-electron chi connectivity index (χ2n) is 5.32. The van der Waals surface area contributed by atoms with Gasteiger partial charge in [-0.2, -0.15) is 0 Å². The molecule has 1 amide bonds. The molecule has 1 N–H and O–H groups in total. The van der Waals surface area contributed by atoms with Crippen molar-refractivity contribution in [3.8, 4) is 5.75 Å². The molecule has 0 unspecified atom stereocenters. The van der Waals surface area contributed by atoms with E-state index in [2.05, 4.69) is 19.2 Å². The fourth-order valence-electron chi connectivity index (χ4n) is 2.28. The molecule has 0 aromatic heterocycles. The predicted molar refractivity (Wildman–Crippen MR) is 85.9 cm³/mol. The molecule has 0 aliphatic heterocycles. The number of ether oxygens (including phenoxy) is 1. The molecule has 0 atom stereocenters. The molecule has 0 aliphatic rings.